The second kappa shape index (κ2) is 5.99. The predicted molar refractivity (Wildman–Crippen MR) is 73.1 cm³/mol. The molecule has 0 amide bonds. The third-order valence-electron chi connectivity index (χ3n) is 3.30. The summed E-state index contributed by atoms with van der Waals surface area (Å²) in [5, 5.41) is 3.40. The van der Waals surface area contributed by atoms with Crippen molar-refractivity contribution in [3.8, 4) is 0 Å². The highest BCUT2D eigenvalue weighted by molar-refractivity contribution is 5.34. The van der Waals surface area contributed by atoms with Crippen molar-refractivity contribution in [2.45, 2.75) is 47.5 Å². The molecule has 0 spiro atoms. The van der Waals surface area contributed by atoms with E-state index in [-0.39, 0.29) is 0 Å². The van der Waals surface area contributed by atoms with Crippen molar-refractivity contribution in [2.24, 2.45) is 11.3 Å². The Bertz CT molecular complexity index is 342. The maximum absolute atomic E-state index is 4.25. The second-order valence-corrected chi connectivity index (χ2v) is 5.79. The van der Waals surface area contributed by atoms with E-state index in [0.717, 1.165) is 30.9 Å². The minimum atomic E-state index is 0.326. The highest BCUT2D eigenvalue weighted by Crippen LogP contribution is 2.25. The van der Waals surface area contributed by atoms with Crippen LogP contribution in [0.1, 0.15) is 46.7 Å². The third kappa shape index (κ3) is 4.72. The summed E-state index contributed by atoms with van der Waals surface area (Å²) in [6.45, 7) is 12.2. The van der Waals surface area contributed by atoms with Gasteiger partial charge in [-0.25, -0.2) is 9.97 Å². The average molecular weight is 235 g/mol. The monoisotopic (exact) mass is 235 g/mol. The minimum absolute atomic E-state index is 0.326. The SMILES string of the molecule is CCCc1cc(NCC(C)C(C)(C)C)ncn1. The Labute approximate surface area is 105 Å². The highest BCUT2D eigenvalue weighted by Gasteiger charge is 2.19. The molecule has 1 aromatic heterocycles. The van der Waals surface area contributed by atoms with E-state index in [1.807, 2.05) is 0 Å². The maximum atomic E-state index is 4.25. The first kappa shape index (κ1) is 13.9. The van der Waals surface area contributed by atoms with Gasteiger partial charge in [-0.15, -0.1) is 0 Å². The lowest BCUT2D eigenvalue weighted by atomic mass is 9.82. The lowest BCUT2D eigenvalue weighted by molar-refractivity contribution is 0.274. The quantitative estimate of drug-likeness (QED) is 0.848. The van der Waals surface area contributed by atoms with Crippen molar-refractivity contribution in [3.05, 3.63) is 18.1 Å². The van der Waals surface area contributed by atoms with Gasteiger partial charge < -0.3 is 5.32 Å². The first-order chi connectivity index (χ1) is 7.93. The molecular weight excluding hydrogens is 210 g/mol. The van der Waals surface area contributed by atoms with Crippen molar-refractivity contribution in [1.82, 2.24) is 9.97 Å². The molecule has 0 fully saturated rings. The van der Waals surface area contributed by atoms with E-state index in [0.29, 0.717) is 11.3 Å². The van der Waals surface area contributed by atoms with Gasteiger partial charge in [-0.05, 0) is 17.8 Å². The van der Waals surface area contributed by atoms with E-state index < -0.39 is 0 Å². The lowest BCUT2D eigenvalue weighted by Crippen LogP contribution is -2.25. The number of nitrogens with zero attached hydrogens (tertiary/aromatic N) is 2. The standard InChI is InChI=1S/C14H25N3/c1-6-7-12-8-13(17-10-16-12)15-9-11(2)14(3,4)5/h8,10-11H,6-7,9H2,1-5H3,(H,15,16,17). The molecule has 0 bridgehead atoms. The van der Waals surface area contributed by atoms with Crippen molar-refractivity contribution in [1.29, 1.82) is 0 Å². The van der Waals surface area contributed by atoms with E-state index in [1.165, 1.54) is 0 Å². The van der Waals surface area contributed by atoms with Crippen LogP contribution < -0.4 is 5.32 Å². The summed E-state index contributed by atoms with van der Waals surface area (Å²) >= 11 is 0. The number of nitrogens with one attached hydrogen (secondary N) is 1. The number of aryl methyl sites for hydroxylation is 1. The Hall–Kier alpha value is -1.12. The summed E-state index contributed by atoms with van der Waals surface area (Å²) in [6.07, 6.45) is 3.79. The number of anilines is 1. The maximum Gasteiger partial charge on any atom is 0.129 e. The zero-order valence-electron chi connectivity index (χ0n) is 11.7. The van der Waals surface area contributed by atoms with Crippen LogP contribution in [0.2, 0.25) is 0 Å². The molecule has 1 atom stereocenters. The number of hydrogen-bond acceptors (Lipinski definition) is 3. The van der Waals surface area contributed by atoms with Crippen LogP contribution in [0, 0.1) is 11.3 Å². The summed E-state index contributed by atoms with van der Waals surface area (Å²) in [5.41, 5.74) is 1.44. The second-order valence-electron chi connectivity index (χ2n) is 5.79. The Morgan fingerprint density at radius 3 is 2.59 bits per heavy atom. The van der Waals surface area contributed by atoms with Gasteiger partial charge in [0.15, 0.2) is 0 Å². The molecule has 1 N–H and O–H groups in total. The van der Waals surface area contributed by atoms with Gasteiger partial charge in [-0.2, -0.15) is 0 Å². The van der Waals surface area contributed by atoms with E-state index >= 15 is 0 Å². The summed E-state index contributed by atoms with van der Waals surface area (Å²) in [5.74, 6) is 1.55. The Balaban J connectivity index is 2.54. The first-order valence-electron chi connectivity index (χ1n) is 6.48. The molecule has 17 heavy (non-hydrogen) atoms. The van der Waals surface area contributed by atoms with Crippen LogP contribution in [0.15, 0.2) is 12.4 Å². The molecule has 0 aliphatic heterocycles. The number of aromatic nitrogens is 2. The molecule has 0 aromatic carbocycles. The summed E-state index contributed by atoms with van der Waals surface area (Å²) in [6, 6.07) is 2.05. The molecule has 0 radical (unpaired) electrons. The van der Waals surface area contributed by atoms with Crippen molar-refractivity contribution >= 4 is 5.82 Å². The van der Waals surface area contributed by atoms with E-state index in [2.05, 4.69) is 56.0 Å². The number of hydrogen-bond donors (Lipinski definition) is 1. The molecular formula is C14H25N3. The van der Waals surface area contributed by atoms with E-state index in [9.17, 15) is 0 Å². The zero-order valence-corrected chi connectivity index (χ0v) is 11.7. The molecule has 1 aromatic rings. The number of rotatable bonds is 5. The van der Waals surface area contributed by atoms with E-state index in [4.69, 9.17) is 0 Å². The van der Waals surface area contributed by atoms with Crippen LogP contribution in [-0.4, -0.2) is 16.5 Å². The Kier molecular flexibility index (Phi) is 4.91. The van der Waals surface area contributed by atoms with Gasteiger partial charge in [0.05, 0.1) is 0 Å². The Morgan fingerprint density at radius 2 is 2.00 bits per heavy atom. The lowest BCUT2D eigenvalue weighted by Gasteiger charge is -2.27. The molecule has 1 unspecified atom stereocenters. The predicted octanol–water partition coefficient (Wildman–Crippen LogP) is 3.52. The first-order valence-corrected chi connectivity index (χ1v) is 6.48. The summed E-state index contributed by atoms with van der Waals surface area (Å²) in [7, 11) is 0. The molecule has 3 nitrogen and oxygen atoms in total. The topological polar surface area (TPSA) is 37.8 Å². The molecule has 3 heteroatoms. The van der Waals surface area contributed by atoms with Gasteiger partial charge in [-0.3, -0.25) is 0 Å². The van der Waals surface area contributed by atoms with Gasteiger partial charge in [0.25, 0.3) is 0 Å². The fourth-order valence-electron chi connectivity index (χ4n) is 1.45. The van der Waals surface area contributed by atoms with Gasteiger partial charge in [0.2, 0.25) is 0 Å². The molecule has 0 aliphatic rings. The Morgan fingerprint density at radius 1 is 1.29 bits per heavy atom. The van der Waals surface area contributed by atoms with Crippen LogP contribution >= 0.6 is 0 Å². The van der Waals surface area contributed by atoms with Crippen molar-refractivity contribution in [2.75, 3.05) is 11.9 Å². The smallest absolute Gasteiger partial charge is 0.129 e. The fourth-order valence-corrected chi connectivity index (χ4v) is 1.45. The van der Waals surface area contributed by atoms with Crippen LogP contribution in [-0.2, 0) is 6.42 Å². The third-order valence-corrected chi connectivity index (χ3v) is 3.30. The molecule has 1 rings (SSSR count). The minimum Gasteiger partial charge on any atom is -0.370 e. The van der Waals surface area contributed by atoms with Crippen molar-refractivity contribution < 1.29 is 0 Å². The normalized spacial score (nSPS) is 13.5. The molecule has 0 saturated carbocycles. The van der Waals surface area contributed by atoms with Crippen LogP contribution in [0.4, 0.5) is 5.82 Å². The molecule has 0 aliphatic carbocycles. The summed E-state index contributed by atoms with van der Waals surface area (Å²) < 4.78 is 0. The largest absolute Gasteiger partial charge is 0.370 e. The van der Waals surface area contributed by atoms with Gasteiger partial charge >= 0.3 is 0 Å². The van der Waals surface area contributed by atoms with Crippen LogP contribution in [0.25, 0.3) is 0 Å². The van der Waals surface area contributed by atoms with Crippen LogP contribution in [0.5, 0.6) is 0 Å². The molecule has 96 valence electrons. The highest BCUT2D eigenvalue weighted by atomic mass is 15.0. The van der Waals surface area contributed by atoms with Crippen molar-refractivity contribution in [3.63, 3.8) is 0 Å². The van der Waals surface area contributed by atoms with Gasteiger partial charge in [-0.1, -0.05) is 41.0 Å². The molecule has 0 saturated heterocycles. The van der Waals surface area contributed by atoms with Crippen LogP contribution in [0.3, 0.4) is 0 Å². The zero-order chi connectivity index (χ0) is 12.9. The summed E-state index contributed by atoms with van der Waals surface area (Å²) in [4.78, 5) is 8.51. The van der Waals surface area contributed by atoms with Gasteiger partial charge in [0, 0.05) is 18.3 Å². The fraction of sp³-hybridized carbons (Fsp3) is 0.714. The molecule has 1 heterocycles. The van der Waals surface area contributed by atoms with E-state index in [1.54, 1.807) is 6.33 Å². The average Bonchev–Trinajstić information content (AvgIpc) is 2.25. The van der Waals surface area contributed by atoms with Gasteiger partial charge in [0.1, 0.15) is 12.1 Å².